The number of thiophene rings is 1. The summed E-state index contributed by atoms with van der Waals surface area (Å²) >= 11 is 1.85. The van der Waals surface area contributed by atoms with Gasteiger partial charge in [-0.3, -0.25) is 0 Å². The van der Waals surface area contributed by atoms with Crippen LogP contribution in [0.3, 0.4) is 0 Å². The fourth-order valence-electron chi connectivity index (χ4n) is 8.79. The molecule has 1 aliphatic carbocycles. The van der Waals surface area contributed by atoms with Gasteiger partial charge in [-0.25, -0.2) is 15.0 Å². The van der Waals surface area contributed by atoms with Crippen molar-refractivity contribution in [2.75, 3.05) is 0 Å². The third-order valence-electron chi connectivity index (χ3n) is 11.8. The van der Waals surface area contributed by atoms with Crippen LogP contribution in [0.15, 0.2) is 188 Å². The first-order chi connectivity index (χ1) is 28.5. The van der Waals surface area contributed by atoms with Crippen LogP contribution >= 0.6 is 11.3 Å². The highest BCUT2D eigenvalue weighted by molar-refractivity contribution is 7.26. The van der Waals surface area contributed by atoms with E-state index < -0.39 is 0 Å². The third-order valence-corrected chi connectivity index (χ3v) is 13.0. The first kappa shape index (κ1) is 34.3. The Kier molecular flexibility index (Phi) is 8.02. The van der Waals surface area contributed by atoms with Gasteiger partial charge in [0.05, 0.1) is 0 Å². The summed E-state index contributed by atoms with van der Waals surface area (Å²) in [5.74, 6) is 1.96. The highest BCUT2D eigenvalue weighted by atomic mass is 32.1. The van der Waals surface area contributed by atoms with E-state index in [9.17, 15) is 0 Å². The Morgan fingerprint density at radius 3 is 1.64 bits per heavy atom. The normalized spacial score (nSPS) is 12.8. The molecule has 58 heavy (non-hydrogen) atoms. The molecule has 274 valence electrons. The summed E-state index contributed by atoms with van der Waals surface area (Å²) < 4.78 is 2.58. The van der Waals surface area contributed by atoms with Crippen molar-refractivity contribution in [1.82, 2.24) is 15.0 Å². The number of fused-ring (bicyclic) bond motifs is 6. The van der Waals surface area contributed by atoms with Gasteiger partial charge in [-0.15, -0.1) is 11.3 Å². The Labute approximate surface area is 342 Å². The first-order valence-corrected chi connectivity index (χ1v) is 20.6. The second kappa shape index (κ2) is 13.6. The van der Waals surface area contributed by atoms with E-state index in [2.05, 4.69) is 202 Å². The molecule has 1 aliphatic rings. The van der Waals surface area contributed by atoms with Gasteiger partial charge in [-0.1, -0.05) is 190 Å². The van der Waals surface area contributed by atoms with Gasteiger partial charge in [0.2, 0.25) is 0 Å². The van der Waals surface area contributed by atoms with E-state index in [0.29, 0.717) is 17.5 Å². The van der Waals surface area contributed by atoms with Crippen molar-refractivity contribution in [2.45, 2.75) is 19.3 Å². The average molecular weight is 760 g/mol. The molecule has 0 saturated heterocycles. The van der Waals surface area contributed by atoms with Gasteiger partial charge in [-0.2, -0.15) is 0 Å². The molecule has 0 radical (unpaired) electrons. The lowest BCUT2D eigenvalue weighted by molar-refractivity contribution is 0.660. The van der Waals surface area contributed by atoms with Crippen LogP contribution in [0.2, 0.25) is 0 Å². The molecular formula is C54H37N3S. The second-order valence-electron chi connectivity index (χ2n) is 15.6. The fraction of sp³-hybridized carbons (Fsp3) is 0.0556. The van der Waals surface area contributed by atoms with Gasteiger partial charge in [0.25, 0.3) is 0 Å². The summed E-state index contributed by atoms with van der Waals surface area (Å²) in [5, 5.41) is 2.58. The average Bonchev–Trinajstić information content (AvgIpc) is 3.79. The molecule has 0 amide bonds. The zero-order valence-electron chi connectivity index (χ0n) is 32.1. The number of hydrogen-bond donors (Lipinski definition) is 0. The molecule has 0 spiro atoms. The van der Waals surface area contributed by atoms with Crippen molar-refractivity contribution in [3.8, 4) is 78.7 Å². The third kappa shape index (κ3) is 5.68. The summed E-state index contributed by atoms with van der Waals surface area (Å²) in [6, 6.07) is 67.2. The van der Waals surface area contributed by atoms with Crippen molar-refractivity contribution in [3.05, 3.63) is 199 Å². The number of nitrogens with zero attached hydrogens (tertiary/aromatic N) is 3. The maximum absolute atomic E-state index is 5.31. The molecule has 0 bridgehead atoms. The van der Waals surface area contributed by atoms with Crippen LogP contribution in [0.4, 0.5) is 0 Å². The van der Waals surface area contributed by atoms with E-state index in [4.69, 9.17) is 15.0 Å². The van der Waals surface area contributed by atoms with Gasteiger partial charge in [0, 0.05) is 42.3 Å². The zero-order chi connectivity index (χ0) is 38.8. The molecular weight excluding hydrogens is 723 g/mol. The van der Waals surface area contributed by atoms with Crippen LogP contribution in [0.5, 0.6) is 0 Å². The van der Waals surface area contributed by atoms with Crippen molar-refractivity contribution in [1.29, 1.82) is 0 Å². The lowest BCUT2D eigenvalue weighted by Gasteiger charge is -2.21. The summed E-state index contributed by atoms with van der Waals surface area (Å²) in [6.45, 7) is 4.62. The van der Waals surface area contributed by atoms with Crippen LogP contribution in [-0.4, -0.2) is 15.0 Å². The van der Waals surface area contributed by atoms with Gasteiger partial charge >= 0.3 is 0 Å². The number of aromatic nitrogens is 3. The fourth-order valence-corrected chi connectivity index (χ4v) is 10.0. The number of hydrogen-bond acceptors (Lipinski definition) is 4. The van der Waals surface area contributed by atoms with Crippen LogP contribution < -0.4 is 0 Å². The first-order valence-electron chi connectivity index (χ1n) is 19.8. The van der Waals surface area contributed by atoms with Crippen LogP contribution in [0.1, 0.15) is 25.0 Å². The van der Waals surface area contributed by atoms with Crippen LogP contribution in [0, 0.1) is 0 Å². The molecule has 11 rings (SSSR count). The molecule has 0 unspecified atom stereocenters. The Hall–Kier alpha value is -7.01. The number of benzene rings is 8. The molecule has 0 aliphatic heterocycles. The van der Waals surface area contributed by atoms with E-state index in [1.54, 1.807) is 0 Å². The molecule has 0 fully saturated rings. The van der Waals surface area contributed by atoms with Crippen molar-refractivity contribution in [3.63, 3.8) is 0 Å². The highest BCUT2D eigenvalue weighted by Gasteiger charge is 2.37. The van der Waals surface area contributed by atoms with Gasteiger partial charge in [0.1, 0.15) is 0 Å². The molecule has 10 aromatic rings. The predicted octanol–water partition coefficient (Wildman–Crippen LogP) is 14.5. The Balaban J connectivity index is 1.04. The Morgan fingerprint density at radius 2 is 0.862 bits per heavy atom. The smallest absolute Gasteiger partial charge is 0.164 e. The zero-order valence-corrected chi connectivity index (χ0v) is 33.0. The minimum atomic E-state index is -0.141. The topological polar surface area (TPSA) is 38.7 Å². The molecule has 0 atom stereocenters. The molecule has 2 aromatic heterocycles. The molecule has 3 nitrogen and oxygen atoms in total. The Bertz CT molecular complexity index is 3180. The quantitative estimate of drug-likeness (QED) is 0.169. The number of rotatable bonds is 6. The lowest BCUT2D eigenvalue weighted by Crippen LogP contribution is -2.14. The highest BCUT2D eigenvalue weighted by Crippen LogP contribution is 2.51. The van der Waals surface area contributed by atoms with E-state index in [1.165, 1.54) is 59.1 Å². The van der Waals surface area contributed by atoms with Crippen molar-refractivity contribution in [2.24, 2.45) is 0 Å². The van der Waals surface area contributed by atoms with Crippen molar-refractivity contribution >= 4 is 31.5 Å². The van der Waals surface area contributed by atoms with Crippen LogP contribution in [-0.2, 0) is 5.41 Å². The molecule has 0 saturated carbocycles. The summed E-state index contributed by atoms with van der Waals surface area (Å²) in [5.41, 5.74) is 14.9. The van der Waals surface area contributed by atoms with Gasteiger partial charge in [-0.05, 0) is 67.8 Å². The largest absolute Gasteiger partial charge is 0.208 e. The monoisotopic (exact) mass is 759 g/mol. The summed E-state index contributed by atoms with van der Waals surface area (Å²) in [7, 11) is 0. The molecule has 4 heteroatoms. The molecule has 8 aromatic carbocycles. The lowest BCUT2D eigenvalue weighted by atomic mass is 9.82. The maximum Gasteiger partial charge on any atom is 0.164 e. The summed E-state index contributed by atoms with van der Waals surface area (Å²) in [4.78, 5) is 15.8. The van der Waals surface area contributed by atoms with E-state index in [1.807, 2.05) is 11.3 Å². The van der Waals surface area contributed by atoms with Crippen molar-refractivity contribution < 1.29 is 0 Å². The van der Waals surface area contributed by atoms with E-state index in [-0.39, 0.29) is 5.41 Å². The Morgan fingerprint density at radius 1 is 0.362 bits per heavy atom. The second-order valence-corrected chi connectivity index (χ2v) is 16.6. The molecule has 2 heterocycles. The predicted molar refractivity (Wildman–Crippen MR) is 243 cm³/mol. The van der Waals surface area contributed by atoms with E-state index >= 15 is 0 Å². The van der Waals surface area contributed by atoms with Gasteiger partial charge in [0.15, 0.2) is 17.5 Å². The maximum atomic E-state index is 5.31. The summed E-state index contributed by atoms with van der Waals surface area (Å²) in [6.07, 6.45) is 0. The minimum Gasteiger partial charge on any atom is -0.208 e. The standard InChI is InChI=1S/C54H37N3S/c1-54(2)46-22-8-6-18-44(46)49-45(21-12-23-47(49)54)53-56-51(38-31-29-37(30-32-38)36-27-25-35(26-28-36)34-13-4-3-5-14-34)55-52(57-53)40-16-10-15-39(33-40)41-19-11-20-43-42-17-7-9-24-48(42)58-50(41)43/h3-33H,1-2H3. The van der Waals surface area contributed by atoms with Crippen LogP contribution in [0.25, 0.3) is 98.8 Å². The van der Waals surface area contributed by atoms with E-state index in [0.717, 1.165) is 33.4 Å². The minimum absolute atomic E-state index is 0.141. The SMILES string of the molecule is CC1(C)c2ccccc2-c2c(-c3nc(-c4ccc(-c5ccc(-c6ccccc6)cc5)cc4)nc(-c4cccc(-c5cccc6c5sc5ccccc56)c4)n3)cccc21. The molecule has 0 N–H and O–H groups in total. The van der Waals surface area contributed by atoms with Gasteiger partial charge < -0.3 is 0 Å².